The maximum absolute atomic E-state index is 11.2. The molecule has 0 amide bonds. The van der Waals surface area contributed by atoms with Crippen LogP contribution in [0.3, 0.4) is 0 Å². The van der Waals surface area contributed by atoms with Gasteiger partial charge in [-0.15, -0.1) is 0 Å². The zero-order valence-electron chi connectivity index (χ0n) is 10.3. The Hall–Kier alpha value is -1.84. The Morgan fingerprint density at radius 2 is 2.18 bits per heavy atom. The molecule has 2 rings (SSSR count). The van der Waals surface area contributed by atoms with E-state index < -0.39 is 11.4 Å². The molecule has 2 aromatic rings. The van der Waals surface area contributed by atoms with E-state index in [1.807, 2.05) is 29.8 Å². The highest BCUT2D eigenvalue weighted by atomic mass is 16.4. The standard InChI is InChI=1S/C13H16N2O2/c1-13(2,12(16)17)7-9-5-4-6-10-11(9)15(3)8-14-10/h4-6,8H,7H2,1-3H3,(H,16,17). The second-order valence-corrected chi connectivity index (χ2v) is 5.01. The predicted molar refractivity (Wildman–Crippen MR) is 65.8 cm³/mol. The average molecular weight is 232 g/mol. The number of carboxylic acid groups (broad SMARTS) is 1. The molecule has 1 heterocycles. The van der Waals surface area contributed by atoms with E-state index in [1.165, 1.54) is 0 Å². The molecule has 0 saturated heterocycles. The summed E-state index contributed by atoms with van der Waals surface area (Å²) in [5.41, 5.74) is 2.18. The summed E-state index contributed by atoms with van der Waals surface area (Å²) in [6, 6.07) is 5.82. The Morgan fingerprint density at radius 1 is 1.47 bits per heavy atom. The van der Waals surface area contributed by atoms with Gasteiger partial charge in [0, 0.05) is 7.05 Å². The molecule has 0 unspecified atom stereocenters. The molecule has 0 atom stereocenters. The van der Waals surface area contributed by atoms with E-state index in [-0.39, 0.29) is 0 Å². The number of carboxylic acids is 1. The van der Waals surface area contributed by atoms with Crippen LogP contribution in [0.25, 0.3) is 11.0 Å². The van der Waals surface area contributed by atoms with Crippen LogP contribution in [-0.2, 0) is 18.3 Å². The van der Waals surface area contributed by atoms with Gasteiger partial charge in [-0.25, -0.2) is 4.98 Å². The maximum Gasteiger partial charge on any atom is 0.309 e. The highest BCUT2D eigenvalue weighted by Gasteiger charge is 2.28. The summed E-state index contributed by atoms with van der Waals surface area (Å²) >= 11 is 0. The molecule has 0 bridgehead atoms. The SMILES string of the molecule is Cn1cnc2cccc(CC(C)(C)C(=O)O)c21. The molecule has 4 heteroatoms. The molecule has 0 saturated carbocycles. The monoisotopic (exact) mass is 232 g/mol. The molecule has 17 heavy (non-hydrogen) atoms. The van der Waals surface area contributed by atoms with Gasteiger partial charge in [0.25, 0.3) is 0 Å². The number of carbonyl (C=O) groups is 1. The number of aromatic nitrogens is 2. The molecule has 1 aromatic heterocycles. The van der Waals surface area contributed by atoms with E-state index in [9.17, 15) is 9.90 Å². The minimum Gasteiger partial charge on any atom is -0.481 e. The Balaban J connectivity index is 2.49. The number of rotatable bonds is 3. The minimum atomic E-state index is -0.781. The van der Waals surface area contributed by atoms with Gasteiger partial charge in [-0.2, -0.15) is 0 Å². The fourth-order valence-electron chi connectivity index (χ4n) is 1.99. The molecule has 90 valence electrons. The summed E-state index contributed by atoms with van der Waals surface area (Å²) in [6.07, 6.45) is 2.25. The van der Waals surface area contributed by atoms with Gasteiger partial charge in [0.2, 0.25) is 0 Å². The molecule has 0 aliphatic heterocycles. The summed E-state index contributed by atoms with van der Waals surface area (Å²) in [6.45, 7) is 3.48. The van der Waals surface area contributed by atoms with Crippen molar-refractivity contribution in [1.82, 2.24) is 9.55 Å². The number of imidazole rings is 1. The van der Waals surface area contributed by atoms with Crippen LogP contribution in [0.15, 0.2) is 24.5 Å². The number of hydrogen-bond donors (Lipinski definition) is 1. The first-order valence-corrected chi connectivity index (χ1v) is 5.54. The largest absolute Gasteiger partial charge is 0.481 e. The van der Waals surface area contributed by atoms with Crippen molar-refractivity contribution in [1.29, 1.82) is 0 Å². The lowest BCUT2D eigenvalue weighted by atomic mass is 9.85. The van der Waals surface area contributed by atoms with E-state index in [2.05, 4.69) is 4.98 Å². The van der Waals surface area contributed by atoms with Gasteiger partial charge in [-0.3, -0.25) is 4.79 Å². The van der Waals surface area contributed by atoms with Gasteiger partial charge < -0.3 is 9.67 Å². The minimum absolute atomic E-state index is 0.499. The summed E-state index contributed by atoms with van der Waals surface area (Å²) in [4.78, 5) is 15.4. The molecular formula is C13H16N2O2. The Kier molecular flexibility index (Phi) is 2.65. The van der Waals surface area contributed by atoms with Crippen LogP contribution in [-0.4, -0.2) is 20.6 Å². The van der Waals surface area contributed by atoms with E-state index in [0.717, 1.165) is 16.6 Å². The highest BCUT2D eigenvalue weighted by molar-refractivity contribution is 5.81. The lowest BCUT2D eigenvalue weighted by molar-refractivity contribution is -0.146. The van der Waals surface area contributed by atoms with Crippen molar-refractivity contribution in [2.75, 3.05) is 0 Å². The van der Waals surface area contributed by atoms with Crippen LogP contribution < -0.4 is 0 Å². The number of fused-ring (bicyclic) bond motifs is 1. The van der Waals surface area contributed by atoms with Crippen LogP contribution in [0, 0.1) is 5.41 Å². The zero-order valence-corrected chi connectivity index (χ0v) is 10.3. The smallest absolute Gasteiger partial charge is 0.309 e. The lowest BCUT2D eigenvalue weighted by Crippen LogP contribution is -2.26. The van der Waals surface area contributed by atoms with E-state index >= 15 is 0 Å². The normalized spacial score (nSPS) is 11.9. The van der Waals surface area contributed by atoms with Gasteiger partial charge in [0.15, 0.2) is 0 Å². The first kappa shape index (κ1) is 11.6. The number of benzene rings is 1. The van der Waals surface area contributed by atoms with Crippen LogP contribution in [0.4, 0.5) is 0 Å². The highest BCUT2D eigenvalue weighted by Crippen LogP contribution is 2.26. The van der Waals surface area contributed by atoms with E-state index in [4.69, 9.17) is 0 Å². The van der Waals surface area contributed by atoms with Gasteiger partial charge in [0.1, 0.15) is 0 Å². The Labute approximate surface area is 99.9 Å². The van der Waals surface area contributed by atoms with Crippen LogP contribution in [0.1, 0.15) is 19.4 Å². The van der Waals surface area contributed by atoms with Crippen LogP contribution >= 0.6 is 0 Å². The molecule has 0 fully saturated rings. The first-order chi connectivity index (χ1) is 7.92. The third-order valence-corrected chi connectivity index (χ3v) is 3.03. The van der Waals surface area contributed by atoms with Crippen molar-refractivity contribution in [3.8, 4) is 0 Å². The molecule has 0 aliphatic rings. The maximum atomic E-state index is 11.2. The lowest BCUT2D eigenvalue weighted by Gasteiger charge is -2.19. The Bertz CT molecular complexity index is 570. The molecule has 1 N–H and O–H groups in total. The number of aliphatic carboxylic acids is 1. The fraction of sp³-hybridized carbons (Fsp3) is 0.385. The van der Waals surface area contributed by atoms with Gasteiger partial charge in [0.05, 0.1) is 22.8 Å². The van der Waals surface area contributed by atoms with Crippen LogP contribution in [0.5, 0.6) is 0 Å². The second kappa shape index (κ2) is 3.87. The van der Waals surface area contributed by atoms with Gasteiger partial charge in [-0.05, 0) is 31.9 Å². The third-order valence-electron chi connectivity index (χ3n) is 3.03. The van der Waals surface area contributed by atoms with Crippen molar-refractivity contribution in [3.63, 3.8) is 0 Å². The Morgan fingerprint density at radius 3 is 2.82 bits per heavy atom. The molecule has 1 aromatic carbocycles. The van der Waals surface area contributed by atoms with Crippen molar-refractivity contribution in [2.45, 2.75) is 20.3 Å². The number of aryl methyl sites for hydroxylation is 1. The second-order valence-electron chi connectivity index (χ2n) is 5.01. The van der Waals surface area contributed by atoms with Crippen molar-refractivity contribution in [2.24, 2.45) is 12.5 Å². The molecular weight excluding hydrogens is 216 g/mol. The average Bonchev–Trinajstić information content (AvgIpc) is 2.61. The number of para-hydroxylation sites is 1. The summed E-state index contributed by atoms with van der Waals surface area (Å²) in [5.74, 6) is -0.781. The summed E-state index contributed by atoms with van der Waals surface area (Å²) in [5, 5.41) is 9.17. The van der Waals surface area contributed by atoms with Crippen molar-refractivity contribution >= 4 is 17.0 Å². The molecule has 0 aliphatic carbocycles. The molecule has 4 nitrogen and oxygen atoms in total. The summed E-state index contributed by atoms with van der Waals surface area (Å²) < 4.78 is 1.93. The van der Waals surface area contributed by atoms with Gasteiger partial charge >= 0.3 is 5.97 Å². The van der Waals surface area contributed by atoms with Crippen LogP contribution in [0.2, 0.25) is 0 Å². The number of hydrogen-bond acceptors (Lipinski definition) is 2. The van der Waals surface area contributed by atoms with Crippen molar-refractivity contribution < 1.29 is 9.90 Å². The predicted octanol–water partition coefficient (Wildman–Crippen LogP) is 2.23. The van der Waals surface area contributed by atoms with E-state index in [1.54, 1.807) is 20.2 Å². The third kappa shape index (κ3) is 2.02. The quantitative estimate of drug-likeness (QED) is 0.882. The number of nitrogens with zero attached hydrogens (tertiary/aromatic N) is 2. The zero-order chi connectivity index (χ0) is 12.6. The van der Waals surface area contributed by atoms with E-state index in [0.29, 0.717) is 6.42 Å². The molecule has 0 radical (unpaired) electrons. The summed E-state index contributed by atoms with van der Waals surface area (Å²) in [7, 11) is 1.92. The molecule has 0 spiro atoms. The van der Waals surface area contributed by atoms with Gasteiger partial charge in [-0.1, -0.05) is 12.1 Å². The topological polar surface area (TPSA) is 55.1 Å². The first-order valence-electron chi connectivity index (χ1n) is 5.54. The van der Waals surface area contributed by atoms with Crippen molar-refractivity contribution in [3.05, 3.63) is 30.1 Å². The fourth-order valence-corrected chi connectivity index (χ4v) is 1.99.